The zero-order chi connectivity index (χ0) is 21.4. The van der Waals surface area contributed by atoms with Crippen molar-refractivity contribution in [2.75, 3.05) is 33.5 Å². The van der Waals surface area contributed by atoms with Crippen molar-refractivity contribution < 1.29 is 41.1 Å². The van der Waals surface area contributed by atoms with Crippen LogP contribution in [0, 0.1) is 5.41 Å². The molecule has 1 atom stereocenters. The number of benzene rings is 1. The van der Waals surface area contributed by atoms with Gasteiger partial charge in [0.25, 0.3) is 0 Å². The van der Waals surface area contributed by atoms with E-state index < -0.39 is 30.9 Å². The average molecular weight is 436 g/mol. The number of carbonyl (C=O) groups excluding carboxylic acids is 1. The van der Waals surface area contributed by atoms with Crippen molar-refractivity contribution in [3.63, 3.8) is 0 Å². The highest BCUT2D eigenvalue weighted by atomic mass is 31.2. The van der Waals surface area contributed by atoms with Crippen LogP contribution < -0.4 is 4.74 Å². The summed E-state index contributed by atoms with van der Waals surface area (Å²) >= 11 is 0. The number of carbonyl (C=O) groups is 1. The van der Waals surface area contributed by atoms with Gasteiger partial charge in [0.15, 0.2) is 5.41 Å². The van der Waals surface area contributed by atoms with Gasteiger partial charge in [-0.25, -0.2) is 4.57 Å². The molecule has 8 nitrogen and oxygen atoms in total. The lowest BCUT2D eigenvalue weighted by Crippen LogP contribution is -2.49. The lowest BCUT2D eigenvalue weighted by molar-refractivity contribution is -0.150. The van der Waals surface area contributed by atoms with E-state index in [0.29, 0.717) is 0 Å². The van der Waals surface area contributed by atoms with Gasteiger partial charge in [0, 0.05) is 5.56 Å². The van der Waals surface area contributed by atoms with E-state index in [0.717, 1.165) is 16.9 Å². The third-order valence-electron chi connectivity index (χ3n) is 4.56. The van der Waals surface area contributed by atoms with Crippen LogP contribution in [0.5, 0.6) is 5.75 Å². The summed E-state index contributed by atoms with van der Waals surface area (Å²) in [7, 11) is -2.71. The van der Waals surface area contributed by atoms with Crippen molar-refractivity contribution in [1.82, 2.24) is 4.78 Å². The summed E-state index contributed by atoms with van der Waals surface area (Å²) < 4.78 is 74.2. The molecule has 0 spiro atoms. The summed E-state index contributed by atoms with van der Waals surface area (Å²) in [5, 5.41) is 4.27. The largest absolute Gasteiger partial charge is 0.491 e. The first kappa shape index (κ1) is 21.6. The number of rotatable bonds is 6. The van der Waals surface area contributed by atoms with Crippen LogP contribution in [0.1, 0.15) is 25.0 Å². The molecule has 0 saturated carbocycles. The van der Waals surface area contributed by atoms with E-state index in [1.807, 2.05) is 0 Å². The first-order valence-electron chi connectivity index (χ1n) is 8.80. The van der Waals surface area contributed by atoms with Crippen molar-refractivity contribution >= 4 is 19.4 Å². The Morgan fingerprint density at radius 2 is 1.97 bits per heavy atom. The number of halogens is 3. The quantitative estimate of drug-likeness (QED) is 0.499. The number of fused-ring (bicyclic) bond motifs is 3. The van der Waals surface area contributed by atoms with E-state index >= 15 is 0 Å². The summed E-state index contributed by atoms with van der Waals surface area (Å²) in [6, 6.07) is 2.88. The van der Waals surface area contributed by atoms with Gasteiger partial charge >= 0.3 is 19.9 Å². The third kappa shape index (κ3) is 3.62. The maximum absolute atomic E-state index is 13.1. The number of ether oxygens (including phenoxy) is 2. The zero-order valence-corrected chi connectivity index (χ0v) is 16.9. The van der Waals surface area contributed by atoms with Gasteiger partial charge in [-0.2, -0.15) is 23.1 Å². The molecule has 0 saturated heterocycles. The van der Waals surface area contributed by atoms with Crippen LogP contribution in [-0.4, -0.2) is 49.9 Å². The molecule has 0 fully saturated rings. The summed E-state index contributed by atoms with van der Waals surface area (Å²) in [5.41, 5.74) is -2.10. The van der Waals surface area contributed by atoms with Crippen LogP contribution >= 0.6 is 7.75 Å². The van der Waals surface area contributed by atoms with Crippen molar-refractivity contribution in [2.45, 2.75) is 20.0 Å². The van der Waals surface area contributed by atoms with E-state index in [-0.39, 0.29) is 43.4 Å². The number of nitrogens with zero attached hydrogens (tertiary/aromatic N) is 2. The van der Waals surface area contributed by atoms with Crippen LogP contribution in [0.15, 0.2) is 23.3 Å². The molecule has 2 heterocycles. The Morgan fingerprint density at radius 1 is 1.31 bits per heavy atom. The molecule has 0 radical (unpaired) electrons. The molecule has 1 aromatic rings. The molecule has 2 aliphatic heterocycles. The highest BCUT2D eigenvalue weighted by Gasteiger charge is 2.58. The van der Waals surface area contributed by atoms with Gasteiger partial charge in [-0.1, -0.05) is 0 Å². The van der Waals surface area contributed by atoms with Crippen LogP contribution in [-0.2, 0) is 29.3 Å². The summed E-state index contributed by atoms with van der Waals surface area (Å²) in [6.45, 7) is 2.80. The van der Waals surface area contributed by atoms with Crippen molar-refractivity contribution in [3.05, 3.63) is 29.3 Å². The first-order valence-corrected chi connectivity index (χ1v) is 10.3. The summed E-state index contributed by atoms with van der Waals surface area (Å²) in [5.74, 6) is -0.800. The fraction of sp³-hybridized carbons (Fsp3) is 0.529. The van der Waals surface area contributed by atoms with Crippen LogP contribution in [0.2, 0.25) is 0 Å². The second-order valence-electron chi connectivity index (χ2n) is 6.35. The number of methoxy groups -OCH3 is 1. The average Bonchev–Trinajstić information content (AvgIpc) is 3.09. The van der Waals surface area contributed by atoms with Gasteiger partial charge in [0.05, 0.1) is 38.1 Å². The summed E-state index contributed by atoms with van der Waals surface area (Å²) in [6.07, 6.45) is -4.56. The molecule has 0 N–H and O–H groups in total. The molecule has 29 heavy (non-hydrogen) atoms. The standard InChI is InChI=1S/C17H20F3N2O6P/c1-4-27-29(24,28-5-2)22-9-16(15(23)25-3)10-26-13-8-11(17(18,19)20)6-7-12(13)14(16)21-22/h6-8H,4-5,9-10H2,1-3H3. The van der Waals surface area contributed by atoms with E-state index in [1.54, 1.807) is 13.8 Å². The Labute approximate surface area is 165 Å². The second kappa shape index (κ2) is 7.62. The molecular formula is C17H20F3N2O6P. The van der Waals surface area contributed by atoms with Crippen LogP contribution in [0.3, 0.4) is 0 Å². The Hall–Kier alpha value is -2.10. The van der Waals surface area contributed by atoms with Crippen molar-refractivity contribution in [2.24, 2.45) is 10.5 Å². The first-order chi connectivity index (χ1) is 13.6. The third-order valence-corrected chi connectivity index (χ3v) is 6.53. The molecule has 0 amide bonds. The number of hydrazone groups is 1. The van der Waals surface area contributed by atoms with Gasteiger partial charge in [-0.3, -0.25) is 13.8 Å². The Kier molecular flexibility index (Phi) is 5.68. The lowest BCUT2D eigenvalue weighted by atomic mass is 9.79. The van der Waals surface area contributed by atoms with Gasteiger partial charge in [-0.05, 0) is 32.0 Å². The second-order valence-corrected chi connectivity index (χ2v) is 8.27. The lowest BCUT2D eigenvalue weighted by Gasteiger charge is -2.33. The highest BCUT2D eigenvalue weighted by Crippen LogP contribution is 2.57. The minimum absolute atomic E-state index is 0.0614. The van der Waals surface area contributed by atoms with E-state index in [2.05, 4.69) is 5.10 Å². The Morgan fingerprint density at radius 3 is 2.52 bits per heavy atom. The highest BCUT2D eigenvalue weighted by molar-refractivity contribution is 7.51. The molecule has 0 bridgehead atoms. The number of hydrogen-bond acceptors (Lipinski definition) is 7. The number of hydrogen-bond donors (Lipinski definition) is 0. The molecule has 0 aromatic heterocycles. The van der Waals surface area contributed by atoms with E-state index in [4.69, 9.17) is 18.5 Å². The van der Waals surface area contributed by atoms with Gasteiger partial charge in [-0.15, -0.1) is 0 Å². The number of alkyl halides is 3. The monoisotopic (exact) mass is 436 g/mol. The van der Waals surface area contributed by atoms with Gasteiger partial charge in [0.1, 0.15) is 12.4 Å². The molecule has 3 rings (SSSR count). The fourth-order valence-electron chi connectivity index (χ4n) is 3.26. The molecule has 2 aliphatic rings. The maximum Gasteiger partial charge on any atom is 0.450 e. The predicted octanol–water partition coefficient (Wildman–Crippen LogP) is 3.46. The molecule has 1 unspecified atom stereocenters. The fourth-order valence-corrected chi connectivity index (χ4v) is 4.86. The zero-order valence-electron chi connectivity index (χ0n) is 16.0. The van der Waals surface area contributed by atoms with Gasteiger partial charge < -0.3 is 9.47 Å². The Balaban J connectivity index is 2.12. The molecule has 0 aliphatic carbocycles. The van der Waals surface area contributed by atoms with Crippen LogP contribution in [0.4, 0.5) is 13.2 Å². The van der Waals surface area contributed by atoms with Crippen LogP contribution in [0.25, 0.3) is 0 Å². The minimum atomic E-state index is -4.56. The van der Waals surface area contributed by atoms with Crippen molar-refractivity contribution in [1.29, 1.82) is 0 Å². The summed E-state index contributed by atoms with van der Waals surface area (Å²) in [4.78, 5) is 12.6. The van der Waals surface area contributed by atoms with Gasteiger partial charge in [0.2, 0.25) is 0 Å². The van der Waals surface area contributed by atoms with Crippen molar-refractivity contribution in [3.8, 4) is 5.75 Å². The molecule has 1 aromatic carbocycles. The predicted molar refractivity (Wildman–Crippen MR) is 95.5 cm³/mol. The van der Waals surface area contributed by atoms with E-state index in [9.17, 15) is 22.5 Å². The normalized spacial score (nSPS) is 21.2. The smallest absolute Gasteiger partial charge is 0.450 e. The minimum Gasteiger partial charge on any atom is -0.491 e. The Bertz CT molecular complexity index is 880. The molecule has 160 valence electrons. The maximum atomic E-state index is 13.1. The molecule has 12 heteroatoms. The topological polar surface area (TPSA) is 86.7 Å². The SMILES string of the molecule is CCOP(=O)(OCC)N1CC2(C(=O)OC)COc3cc(C(F)(F)F)ccc3C2=N1. The molecular weight excluding hydrogens is 416 g/mol. The number of esters is 1. The van der Waals surface area contributed by atoms with E-state index in [1.165, 1.54) is 13.2 Å².